The molecule has 0 aliphatic rings. The number of aliphatic hydroxyl groups is 2. The topological polar surface area (TPSA) is 66.2 Å². The first-order chi connectivity index (χ1) is 11.5. The second-order valence-corrected chi connectivity index (χ2v) is 5.86. The summed E-state index contributed by atoms with van der Waals surface area (Å²) in [6.45, 7) is 5.29. The van der Waals surface area contributed by atoms with E-state index in [1.165, 1.54) is 10.8 Å². The van der Waals surface area contributed by atoms with Crippen molar-refractivity contribution in [2.45, 2.75) is 39.4 Å². The predicted molar refractivity (Wildman–Crippen MR) is 96.5 cm³/mol. The van der Waals surface area contributed by atoms with Gasteiger partial charge in [-0.15, -0.1) is 29.1 Å². The largest absolute Gasteiger partial charge is 0.393 e. The third kappa shape index (κ3) is 6.29. The van der Waals surface area contributed by atoms with Gasteiger partial charge in [0.25, 0.3) is 0 Å². The first-order valence-electron chi connectivity index (χ1n) is 8.02. The number of hydrogen-bond acceptors (Lipinski definition) is 4. The fraction of sp³-hybridized carbons (Fsp3) is 0.300. The molecule has 0 aliphatic heterocycles. The van der Waals surface area contributed by atoms with E-state index in [0.29, 0.717) is 6.42 Å². The summed E-state index contributed by atoms with van der Waals surface area (Å²) in [7, 11) is 0. The van der Waals surface area contributed by atoms with Crippen LogP contribution in [0.2, 0.25) is 0 Å². The van der Waals surface area contributed by atoms with Gasteiger partial charge in [-0.25, -0.2) is 0 Å². The Hall–Kier alpha value is -1.65. The summed E-state index contributed by atoms with van der Waals surface area (Å²) < 4.78 is 0. The molecule has 2 N–H and O–H groups in total. The molecule has 2 aromatic carbocycles. The molecular formula is C20H23IrN2O2-. The minimum absolute atomic E-state index is 0. The van der Waals surface area contributed by atoms with Crippen molar-refractivity contribution in [2.75, 3.05) is 0 Å². The van der Waals surface area contributed by atoms with E-state index in [4.69, 9.17) is 10.2 Å². The first kappa shape index (κ1) is 21.4. The maximum Gasteiger partial charge on any atom is 0.0536 e. The predicted octanol–water partition coefficient (Wildman–Crippen LogP) is 3.54. The Morgan fingerprint density at radius 1 is 1.00 bits per heavy atom. The van der Waals surface area contributed by atoms with Crippen LogP contribution in [-0.4, -0.2) is 32.4 Å². The molecule has 2 atom stereocenters. The summed E-state index contributed by atoms with van der Waals surface area (Å²) in [5, 5.41) is 19.5. The molecule has 4 nitrogen and oxygen atoms in total. The van der Waals surface area contributed by atoms with Crippen LogP contribution in [0.25, 0.3) is 22.0 Å². The SMILES string of the molecule is CC(O)CC(C)O.Cc1nccnc1-c1[c-]ccc2ccccc12.[Ir]. The van der Waals surface area contributed by atoms with Crippen LogP contribution in [0.5, 0.6) is 0 Å². The van der Waals surface area contributed by atoms with Gasteiger partial charge in [0.05, 0.1) is 12.2 Å². The number of rotatable bonds is 3. The average molecular weight is 516 g/mol. The number of aryl methyl sites for hydroxylation is 1. The molecule has 0 saturated carbocycles. The molecule has 1 radical (unpaired) electrons. The third-order valence-corrected chi connectivity index (χ3v) is 3.52. The van der Waals surface area contributed by atoms with Gasteiger partial charge < -0.3 is 15.2 Å². The first-order valence-corrected chi connectivity index (χ1v) is 8.02. The van der Waals surface area contributed by atoms with Crippen molar-refractivity contribution in [3.05, 3.63) is 60.6 Å². The minimum atomic E-state index is -0.375. The molecule has 3 rings (SSSR count). The van der Waals surface area contributed by atoms with Crippen molar-refractivity contribution >= 4 is 10.8 Å². The van der Waals surface area contributed by atoms with Crippen molar-refractivity contribution in [3.8, 4) is 11.3 Å². The average Bonchev–Trinajstić information content (AvgIpc) is 2.54. The van der Waals surface area contributed by atoms with Gasteiger partial charge in [-0.1, -0.05) is 29.7 Å². The summed E-state index contributed by atoms with van der Waals surface area (Å²) in [4.78, 5) is 8.68. The van der Waals surface area contributed by atoms with Gasteiger partial charge in [-0.3, -0.25) is 4.98 Å². The van der Waals surface area contributed by atoms with Crippen LogP contribution in [0.3, 0.4) is 0 Å². The molecule has 5 heteroatoms. The van der Waals surface area contributed by atoms with Crippen molar-refractivity contribution in [2.24, 2.45) is 0 Å². The maximum absolute atomic E-state index is 8.56. The fourth-order valence-electron chi connectivity index (χ4n) is 2.51. The van der Waals surface area contributed by atoms with Crippen LogP contribution >= 0.6 is 0 Å². The zero-order valence-electron chi connectivity index (χ0n) is 14.6. The molecule has 0 bridgehead atoms. The molecule has 1 heterocycles. The second kappa shape index (κ2) is 10.4. The molecular weight excluding hydrogens is 492 g/mol. The zero-order chi connectivity index (χ0) is 17.5. The molecule has 0 spiro atoms. The van der Waals surface area contributed by atoms with E-state index in [0.717, 1.165) is 17.0 Å². The van der Waals surface area contributed by atoms with E-state index in [-0.39, 0.29) is 32.3 Å². The Kier molecular flexibility index (Phi) is 8.87. The van der Waals surface area contributed by atoms with Crippen LogP contribution in [0.1, 0.15) is 26.0 Å². The Labute approximate surface area is 162 Å². The van der Waals surface area contributed by atoms with Gasteiger partial charge in [-0.05, 0) is 27.2 Å². The Morgan fingerprint density at radius 2 is 1.64 bits per heavy atom. The Bertz CT molecular complexity index is 780. The minimum Gasteiger partial charge on any atom is -0.393 e. The van der Waals surface area contributed by atoms with Crippen molar-refractivity contribution < 1.29 is 30.3 Å². The smallest absolute Gasteiger partial charge is 0.0536 e. The monoisotopic (exact) mass is 516 g/mol. The van der Waals surface area contributed by atoms with Crippen LogP contribution in [0.4, 0.5) is 0 Å². The molecule has 0 amide bonds. The van der Waals surface area contributed by atoms with Gasteiger partial charge in [0.1, 0.15) is 0 Å². The molecule has 135 valence electrons. The summed E-state index contributed by atoms with van der Waals surface area (Å²) in [5.74, 6) is 0. The van der Waals surface area contributed by atoms with Gasteiger partial charge >= 0.3 is 0 Å². The van der Waals surface area contributed by atoms with Crippen molar-refractivity contribution in [3.63, 3.8) is 0 Å². The number of nitrogens with zero attached hydrogens (tertiary/aromatic N) is 2. The van der Waals surface area contributed by atoms with Crippen molar-refractivity contribution in [1.82, 2.24) is 9.97 Å². The van der Waals surface area contributed by atoms with E-state index in [1.54, 1.807) is 26.2 Å². The van der Waals surface area contributed by atoms with Gasteiger partial charge in [0, 0.05) is 43.9 Å². The van der Waals surface area contributed by atoms with Crippen LogP contribution in [-0.2, 0) is 20.1 Å². The van der Waals surface area contributed by atoms with E-state index >= 15 is 0 Å². The normalized spacial score (nSPS) is 12.5. The van der Waals surface area contributed by atoms with E-state index in [2.05, 4.69) is 34.2 Å². The number of hydrogen-bond donors (Lipinski definition) is 2. The molecule has 3 aromatic rings. The maximum atomic E-state index is 8.56. The van der Waals surface area contributed by atoms with Gasteiger partial charge in [0.2, 0.25) is 0 Å². The van der Waals surface area contributed by atoms with Crippen LogP contribution < -0.4 is 0 Å². The van der Waals surface area contributed by atoms with E-state index < -0.39 is 0 Å². The van der Waals surface area contributed by atoms with Gasteiger partial charge in [-0.2, -0.15) is 0 Å². The quantitative estimate of drug-likeness (QED) is 0.524. The standard InChI is InChI=1S/C15H11N2.C5H12O2.Ir/c1-11-15(17-10-9-16-11)14-8-4-6-12-5-2-3-7-13(12)14;1-4(6)3-5(2)7;/h2-7,9-10H,1H3;4-7H,3H2,1-2H3;/q-1;;. The third-order valence-electron chi connectivity index (χ3n) is 3.52. The number of benzene rings is 2. The molecule has 25 heavy (non-hydrogen) atoms. The summed E-state index contributed by atoms with van der Waals surface area (Å²) >= 11 is 0. The molecule has 1 aromatic heterocycles. The molecule has 0 saturated heterocycles. The Morgan fingerprint density at radius 3 is 2.24 bits per heavy atom. The summed E-state index contributed by atoms with van der Waals surface area (Å²) in [5.41, 5.74) is 2.86. The number of aromatic nitrogens is 2. The fourth-order valence-corrected chi connectivity index (χ4v) is 2.51. The van der Waals surface area contributed by atoms with Crippen LogP contribution in [0.15, 0.2) is 48.8 Å². The summed E-state index contributed by atoms with van der Waals surface area (Å²) in [6.07, 6.45) is 3.15. The molecule has 0 aliphatic carbocycles. The molecule has 0 fully saturated rings. The van der Waals surface area contributed by atoms with E-state index in [9.17, 15) is 0 Å². The molecule has 2 unspecified atom stereocenters. The van der Waals surface area contributed by atoms with Crippen LogP contribution in [0, 0.1) is 13.0 Å². The summed E-state index contributed by atoms with van der Waals surface area (Å²) in [6, 6.07) is 15.5. The van der Waals surface area contributed by atoms with E-state index in [1.807, 2.05) is 25.1 Å². The number of fused-ring (bicyclic) bond motifs is 1. The van der Waals surface area contributed by atoms with Crippen molar-refractivity contribution in [1.29, 1.82) is 0 Å². The zero-order valence-corrected chi connectivity index (χ0v) is 17.0. The Balaban J connectivity index is 0.000000339. The second-order valence-electron chi connectivity index (χ2n) is 5.86. The van der Waals surface area contributed by atoms with Gasteiger partial charge in [0.15, 0.2) is 0 Å². The number of aliphatic hydroxyl groups excluding tert-OH is 2.